The van der Waals surface area contributed by atoms with Gasteiger partial charge in [0, 0.05) is 16.7 Å². The number of halogens is 2. The van der Waals surface area contributed by atoms with Crippen LogP contribution in [0, 0.1) is 0 Å². The number of hydrogen-bond donors (Lipinski definition) is 1. The normalized spacial score (nSPS) is 14.4. The summed E-state index contributed by atoms with van der Waals surface area (Å²) in [4.78, 5) is 0. The second-order valence-corrected chi connectivity index (χ2v) is 3.86. The molecule has 0 bridgehead atoms. The Labute approximate surface area is 78.9 Å². The van der Waals surface area contributed by atoms with Crippen molar-refractivity contribution in [2.24, 2.45) is 0 Å². The molecule has 0 saturated carbocycles. The standard InChI is InChI=1S/C8H7BrClN/c9-6-4-8-5(1-2-11-8)3-7(6)10/h3-4,11H,1-2H2. The van der Waals surface area contributed by atoms with Crippen LogP contribution in [-0.4, -0.2) is 6.54 Å². The Hall–Kier alpha value is -0.210. The van der Waals surface area contributed by atoms with Crippen molar-refractivity contribution < 1.29 is 0 Å². The van der Waals surface area contributed by atoms with E-state index in [2.05, 4.69) is 21.2 Å². The van der Waals surface area contributed by atoms with E-state index in [4.69, 9.17) is 11.6 Å². The topological polar surface area (TPSA) is 12.0 Å². The number of anilines is 1. The SMILES string of the molecule is Clc1cc2c(cc1Br)NCC2. The van der Waals surface area contributed by atoms with Crippen LogP contribution in [0.4, 0.5) is 5.69 Å². The van der Waals surface area contributed by atoms with Gasteiger partial charge in [0.15, 0.2) is 0 Å². The number of rotatable bonds is 0. The van der Waals surface area contributed by atoms with Gasteiger partial charge in [0.1, 0.15) is 0 Å². The molecule has 1 aromatic rings. The number of fused-ring (bicyclic) bond motifs is 1. The summed E-state index contributed by atoms with van der Waals surface area (Å²) >= 11 is 9.29. The van der Waals surface area contributed by atoms with E-state index in [1.807, 2.05) is 12.1 Å². The summed E-state index contributed by atoms with van der Waals surface area (Å²) in [6.45, 7) is 1.03. The lowest BCUT2D eigenvalue weighted by atomic mass is 10.2. The zero-order chi connectivity index (χ0) is 7.84. The Kier molecular flexibility index (Phi) is 1.81. The van der Waals surface area contributed by atoms with Crippen molar-refractivity contribution in [3.05, 3.63) is 27.2 Å². The number of nitrogens with one attached hydrogen (secondary N) is 1. The van der Waals surface area contributed by atoms with Crippen molar-refractivity contribution >= 4 is 33.2 Å². The maximum absolute atomic E-state index is 5.92. The van der Waals surface area contributed by atoms with Gasteiger partial charge in [-0.2, -0.15) is 0 Å². The molecule has 0 spiro atoms. The summed E-state index contributed by atoms with van der Waals surface area (Å²) in [6, 6.07) is 4.05. The molecular formula is C8H7BrClN. The van der Waals surface area contributed by atoms with Crippen LogP contribution in [0.3, 0.4) is 0 Å². The molecule has 1 aliphatic heterocycles. The van der Waals surface area contributed by atoms with E-state index in [-0.39, 0.29) is 0 Å². The average Bonchev–Trinajstić information content (AvgIpc) is 2.36. The molecule has 0 atom stereocenters. The Morgan fingerprint density at radius 1 is 1.45 bits per heavy atom. The molecular weight excluding hydrogens is 225 g/mol. The van der Waals surface area contributed by atoms with E-state index in [1.54, 1.807) is 0 Å². The Morgan fingerprint density at radius 3 is 3.09 bits per heavy atom. The summed E-state index contributed by atoms with van der Waals surface area (Å²) in [7, 11) is 0. The third kappa shape index (κ3) is 1.25. The van der Waals surface area contributed by atoms with Gasteiger partial charge >= 0.3 is 0 Å². The van der Waals surface area contributed by atoms with Gasteiger partial charge in [-0.1, -0.05) is 11.6 Å². The summed E-state index contributed by atoms with van der Waals surface area (Å²) < 4.78 is 0.965. The highest BCUT2D eigenvalue weighted by Crippen LogP contribution is 2.31. The average molecular weight is 233 g/mol. The van der Waals surface area contributed by atoms with Crippen molar-refractivity contribution in [1.82, 2.24) is 0 Å². The molecule has 0 amide bonds. The smallest absolute Gasteiger partial charge is 0.0552 e. The minimum atomic E-state index is 0.799. The first-order chi connectivity index (χ1) is 5.27. The molecule has 1 N–H and O–H groups in total. The van der Waals surface area contributed by atoms with Crippen LogP contribution in [0.1, 0.15) is 5.56 Å². The van der Waals surface area contributed by atoms with Crippen LogP contribution in [-0.2, 0) is 6.42 Å². The number of benzene rings is 1. The maximum Gasteiger partial charge on any atom is 0.0552 e. The van der Waals surface area contributed by atoms with Gasteiger partial charge in [-0.15, -0.1) is 0 Å². The van der Waals surface area contributed by atoms with E-state index in [0.29, 0.717) is 0 Å². The predicted octanol–water partition coefficient (Wildman–Crippen LogP) is 3.07. The fraction of sp³-hybridized carbons (Fsp3) is 0.250. The number of hydrogen-bond acceptors (Lipinski definition) is 1. The maximum atomic E-state index is 5.92. The summed E-state index contributed by atoms with van der Waals surface area (Å²) in [6.07, 6.45) is 1.09. The summed E-state index contributed by atoms with van der Waals surface area (Å²) in [5.74, 6) is 0. The minimum absolute atomic E-state index is 0.799. The zero-order valence-corrected chi connectivity index (χ0v) is 8.17. The first-order valence-electron chi connectivity index (χ1n) is 3.49. The molecule has 0 aliphatic carbocycles. The van der Waals surface area contributed by atoms with Crippen LogP contribution >= 0.6 is 27.5 Å². The van der Waals surface area contributed by atoms with Crippen molar-refractivity contribution in [3.8, 4) is 0 Å². The molecule has 58 valence electrons. The van der Waals surface area contributed by atoms with Crippen molar-refractivity contribution in [3.63, 3.8) is 0 Å². The van der Waals surface area contributed by atoms with Gasteiger partial charge in [0.2, 0.25) is 0 Å². The van der Waals surface area contributed by atoms with Crippen molar-refractivity contribution in [2.75, 3.05) is 11.9 Å². The molecule has 1 aliphatic rings. The van der Waals surface area contributed by atoms with Gasteiger partial charge in [-0.3, -0.25) is 0 Å². The van der Waals surface area contributed by atoms with E-state index < -0.39 is 0 Å². The molecule has 0 fully saturated rings. The fourth-order valence-corrected chi connectivity index (χ4v) is 1.82. The first-order valence-corrected chi connectivity index (χ1v) is 4.66. The third-order valence-electron chi connectivity index (χ3n) is 1.86. The Balaban J connectivity index is 2.57. The van der Waals surface area contributed by atoms with Crippen LogP contribution in [0.25, 0.3) is 0 Å². The van der Waals surface area contributed by atoms with E-state index in [1.165, 1.54) is 11.3 Å². The second kappa shape index (κ2) is 2.68. The molecule has 1 heterocycles. The highest BCUT2D eigenvalue weighted by atomic mass is 79.9. The van der Waals surface area contributed by atoms with Gasteiger partial charge in [0.25, 0.3) is 0 Å². The van der Waals surface area contributed by atoms with E-state index in [0.717, 1.165) is 22.5 Å². The van der Waals surface area contributed by atoms with Crippen LogP contribution in [0.2, 0.25) is 5.02 Å². The first kappa shape index (κ1) is 7.44. The lowest BCUT2D eigenvalue weighted by molar-refractivity contribution is 1.11. The van der Waals surface area contributed by atoms with Crippen LogP contribution in [0.15, 0.2) is 16.6 Å². The molecule has 0 radical (unpaired) electrons. The largest absolute Gasteiger partial charge is 0.384 e. The van der Waals surface area contributed by atoms with Crippen LogP contribution < -0.4 is 5.32 Å². The lowest BCUT2D eigenvalue weighted by Gasteiger charge is -2.01. The van der Waals surface area contributed by atoms with Gasteiger partial charge in [-0.05, 0) is 40.0 Å². The summed E-state index contributed by atoms with van der Waals surface area (Å²) in [5, 5.41) is 4.08. The molecule has 0 unspecified atom stereocenters. The Bertz CT molecular complexity index is 269. The lowest BCUT2D eigenvalue weighted by Crippen LogP contribution is -1.90. The molecule has 0 saturated heterocycles. The predicted molar refractivity (Wildman–Crippen MR) is 51.3 cm³/mol. The molecule has 1 nitrogen and oxygen atoms in total. The van der Waals surface area contributed by atoms with Gasteiger partial charge in [0.05, 0.1) is 5.02 Å². The quantitative estimate of drug-likeness (QED) is 0.725. The van der Waals surface area contributed by atoms with E-state index >= 15 is 0 Å². The highest BCUT2D eigenvalue weighted by Gasteiger charge is 2.11. The van der Waals surface area contributed by atoms with Crippen LogP contribution in [0.5, 0.6) is 0 Å². The molecule has 1 aromatic carbocycles. The second-order valence-electron chi connectivity index (χ2n) is 2.60. The molecule has 2 rings (SSSR count). The van der Waals surface area contributed by atoms with Gasteiger partial charge < -0.3 is 5.32 Å². The van der Waals surface area contributed by atoms with Crippen molar-refractivity contribution in [2.45, 2.75) is 6.42 Å². The van der Waals surface area contributed by atoms with Gasteiger partial charge in [-0.25, -0.2) is 0 Å². The van der Waals surface area contributed by atoms with E-state index in [9.17, 15) is 0 Å². The zero-order valence-electron chi connectivity index (χ0n) is 5.82. The molecule has 0 aromatic heterocycles. The fourth-order valence-electron chi connectivity index (χ4n) is 1.29. The highest BCUT2D eigenvalue weighted by molar-refractivity contribution is 9.10. The minimum Gasteiger partial charge on any atom is -0.384 e. The molecule has 3 heteroatoms. The Morgan fingerprint density at radius 2 is 2.27 bits per heavy atom. The monoisotopic (exact) mass is 231 g/mol. The summed E-state index contributed by atoms with van der Waals surface area (Å²) in [5.41, 5.74) is 2.53. The molecule has 11 heavy (non-hydrogen) atoms. The third-order valence-corrected chi connectivity index (χ3v) is 3.05. The van der Waals surface area contributed by atoms with Crippen molar-refractivity contribution in [1.29, 1.82) is 0 Å².